The molecule has 0 bridgehead atoms. The lowest BCUT2D eigenvalue weighted by atomic mass is 10.1. The van der Waals surface area contributed by atoms with Crippen molar-refractivity contribution in [2.75, 3.05) is 44.7 Å². The van der Waals surface area contributed by atoms with Crippen molar-refractivity contribution in [1.82, 2.24) is 14.2 Å². The minimum absolute atomic E-state index is 0.0956. The lowest BCUT2D eigenvalue weighted by Gasteiger charge is -2.35. The third kappa shape index (κ3) is 3.87. The monoisotopic (exact) mass is 392 g/mol. The second-order valence-electron chi connectivity index (χ2n) is 8.40. The molecular weight excluding hydrogens is 360 g/mol. The van der Waals surface area contributed by atoms with E-state index >= 15 is 0 Å². The van der Waals surface area contributed by atoms with Crippen molar-refractivity contribution in [3.63, 3.8) is 0 Å². The molecule has 1 saturated carbocycles. The van der Waals surface area contributed by atoms with Gasteiger partial charge in [-0.2, -0.15) is 4.31 Å². The Morgan fingerprint density at radius 3 is 2.37 bits per heavy atom. The normalized spacial score (nSPS) is 26.1. The largest absolute Gasteiger partial charge is 0.369 e. The van der Waals surface area contributed by atoms with Crippen LogP contribution in [0, 0.1) is 6.92 Å². The summed E-state index contributed by atoms with van der Waals surface area (Å²) < 4.78 is 28.2. The molecule has 3 fully saturated rings. The van der Waals surface area contributed by atoms with Crippen molar-refractivity contribution in [1.29, 1.82) is 0 Å². The smallest absolute Gasteiger partial charge is 0.217 e. The molecule has 27 heavy (non-hydrogen) atoms. The lowest BCUT2D eigenvalue weighted by Crippen LogP contribution is -2.44. The van der Waals surface area contributed by atoms with Crippen LogP contribution in [0.25, 0.3) is 0 Å². The summed E-state index contributed by atoms with van der Waals surface area (Å²) in [5.74, 6) is 0. The number of rotatable bonds is 4. The molecule has 1 aromatic heterocycles. The fourth-order valence-electron chi connectivity index (χ4n) is 4.81. The second kappa shape index (κ2) is 7.68. The minimum Gasteiger partial charge on any atom is -0.369 e. The van der Waals surface area contributed by atoms with Crippen LogP contribution < -0.4 is 4.90 Å². The van der Waals surface area contributed by atoms with Crippen molar-refractivity contribution < 1.29 is 8.42 Å². The molecule has 0 unspecified atom stereocenters. The van der Waals surface area contributed by atoms with Gasteiger partial charge in [0.15, 0.2) is 0 Å². The average Bonchev–Trinajstić information content (AvgIpc) is 3.34. The number of likely N-dealkylation sites (N-methyl/N-ethyl adjacent to an activating group) is 1. The molecular formula is C20H32N4O2S. The Morgan fingerprint density at radius 2 is 1.67 bits per heavy atom. The fourth-order valence-corrected chi connectivity index (χ4v) is 7.08. The van der Waals surface area contributed by atoms with E-state index in [2.05, 4.69) is 29.0 Å². The first-order chi connectivity index (χ1) is 12.9. The number of aromatic nitrogens is 1. The summed E-state index contributed by atoms with van der Waals surface area (Å²) in [5.41, 5.74) is 3.10. The van der Waals surface area contributed by atoms with Gasteiger partial charge in [-0.3, -0.25) is 4.98 Å². The van der Waals surface area contributed by atoms with Gasteiger partial charge in [-0.05, 0) is 51.8 Å². The molecule has 0 aromatic carbocycles. The highest BCUT2D eigenvalue weighted by Crippen LogP contribution is 2.39. The van der Waals surface area contributed by atoms with E-state index in [4.69, 9.17) is 4.98 Å². The number of anilines is 1. The van der Waals surface area contributed by atoms with Crippen LogP contribution in [0.4, 0.5) is 5.69 Å². The number of sulfonamides is 1. The molecule has 0 N–H and O–H groups in total. The van der Waals surface area contributed by atoms with Gasteiger partial charge < -0.3 is 9.80 Å². The van der Waals surface area contributed by atoms with E-state index in [-0.39, 0.29) is 11.3 Å². The van der Waals surface area contributed by atoms with Gasteiger partial charge in [0.05, 0.1) is 17.0 Å². The SMILES string of the molecule is Cc1cc(N2CCN(C)CC2)cc([C@@H]2CCCN2S(=O)(=O)C2CCCC2)n1. The highest BCUT2D eigenvalue weighted by atomic mass is 32.2. The summed E-state index contributed by atoms with van der Waals surface area (Å²) >= 11 is 0. The minimum atomic E-state index is -3.22. The number of aryl methyl sites for hydroxylation is 1. The zero-order chi connectivity index (χ0) is 19.0. The van der Waals surface area contributed by atoms with Crippen LogP contribution in [0.1, 0.15) is 56.0 Å². The topological polar surface area (TPSA) is 56.8 Å². The highest BCUT2D eigenvalue weighted by molar-refractivity contribution is 7.89. The molecule has 7 heteroatoms. The molecule has 3 aliphatic rings. The van der Waals surface area contributed by atoms with E-state index in [9.17, 15) is 8.42 Å². The van der Waals surface area contributed by atoms with E-state index in [1.165, 1.54) is 5.69 Å². The van der Waals surface area contributed by atoms with Gasteiger partial charge >= 0.3 is 0 Å². The van der Waals surface area contributed by atoms with Crippen LogP contribution in [0.2, 0.25) is 0 Å². The first-order valence-corrected chi connectivity index (χ1v) is 11.9. The van der Waals surface area contributed by atoms with Gasteiger partial charge in [0, 0.05) is 44.1 Å². The van der Waals surface area contributed by atoms with Gasteiger partial charge in [0.2, 0.25) is 10.0 Å². The highest BCUT2D eigenvalue weighted by Gasteiger charge is 2.41. The van der Waals surface area contributed by atoms with E-state index in [1.54, 1.807) is 4.31 Å². The molecule has 150 valence electrons. The summed E-state index contributed by atoms with van der Waals surface area (Å²) in [6.45, 7) is 6.80. The summed E-state index contributed by atoms with van der Waals surface area (Å²) in [7, 11) is -1.06. The van der Waals surface area contributed by atoms with E-state index in [0.29, 0.717) is 6.54 Å². The van der Waals surface area contributed by atoms with Crippen molar-refractivity contribution in [3.05, 3.63) is 23.5 Å². The molecule has 4 rings (SSSR count). The fraction of sp³-hybridized carbons (Fsp3) is 0.750. The molecule has 3 heterocycles. The number of hydrogen-bond donors (Lipinski definition) is 0. The van der Waals surface area contributed by atoms with Crippen molar-refractivity contribution >= 4 is 15.7 Å². The summed E-state index contributed by atoms with van der Waals surface area (Å²) in [6.07, 6.45) is 5.52. The molecule has 2 saturated heterocycles. The van der Waals surface area contributed by atoms with E-state index in [0.717, 1.165) is 76.1 Å². The quantitative estimate of drug-likeness (QED) is 0.788. The van der Waals surface area contributed by atoms with E-state index in [1.807, 2.05) is 6.92 Å². The molecule has 2 aliphatic heterocycles. The molecule has 1 aromatic rings. The Bertz CT molecular complexity index is 768. The maximum absolute atomic E-state index is 13.2. The Kier molecular flexibility index (Phi) is 5.45. The number of nitrogens with zero attached hydrogens (tertiary/aromatic N) is 4. The summed E-state index contributed by atoms with van der Waals surface area (Å²) in [6, 6.07) is 4.19. The molecule has 0 radical (unpaired) electrons. The predicted molar refractivity (Wildman–Crippen MR) is 109 cm³/mol. The first-order valence-electron chi connectivity index (χ1n) is 10.4. The Hall–Kier alpha value is -1.18. The maximum atomic E-state index is 13.2. The number of pyridine rings is 1. The van der Waals surface area contributed by atoms with Crippen molar-refractivity contribution in [3.8, 4) is 0 Å². The Morgan fingerprint density at radius 1 is 0.963 bits per heavy atom. The van der Waals surface area contributed by atoms with Gasteiger partial charge in [0.1, 0.15) is 0 Å². The standard InChI is InChI=1S/C20H32N4O2S/c1-16-14-17(23-12-10-22(2)11-13-23)15-19(21-16)20-8-5-9-24(20)27(25,26)18-6-3-4-7-18/h14-15,18,20H,3-13H2,1-2H3/t20-/m0/s1. The molecule has 6 nitrogen and oxygen atoms in total. The Balaban J connectivity index is 1.60. The summed E-state index contributed by atoms with van der Waals surface area (Å²) in [4.78, 5) is 9.52. The zero-order valence-electron chi connectivity index (χ0n) is 16.6. The predicted octanol–water partition coefficient (Wildman–Crippen LogP) is 2.55. The van der Waals surface area contributed by atoms with Crippen LogP contribution in [0.3, 0.4) is 0 Å². The van der Waals surface area contributed by atoms with Crippen molar-refractivity contribution in [2.45, 2.75) is 56.7 Å². The Labute approximate surface area is 163 Å². The second-order valence-corrected chi connectivity index (χ2v) is 10.6. The number of hydrogen-bond acceptors (Lipinski definition) is 5. The average molecular weight is 393 g/mol. The maximum Gasteiger partial charge on any atom is 0.217 e. The van der Waals surface area contributed by atoms with Gasteiger partial charge in [0.25, 0.3) is 0 Å². The summed E-state index contributed by atoms with van der Waals surface area (Å²) in [5, 5.41) is -0.181. The van der Waals surface area contributed by atoms with Crippen LogP contribution in [-0.2, 0) is 10.0 Å². The van der Waals surface area contributed by atoms with Crippen LogP contribution in [0.5, 0.6) is 0 Å². The first kappa shape index (κ1) is 19.2. The molecule has 0 amide bonds. The van der Waals surface area contributed by atoms with Crippen molar-refractivity contribution in [2.24, 2.45) is 0 Å². The molecule has 0 spiro atoms. The number of piperazine rings is 1. The third-order valence-electron chi connectivity index (χ3n) is 6.42. The van der Waals surface area contributed by atoms with Gasteiger partial charge in [-0.15, -0.1) is 0 Å². The van der Waals surface area contributed by atoms with E-state index < -0.39 is 10.0 Å². The molecule has 1 atom stereocenters. The third-order valence-corrected chi connectivity index (χ3v) is 8.83. The molecule has 1 aliphatic carbocycles. The van der Waals surface area contributed by atoms with Crippen LogP contribution >= 0.6 is 0 Å². The van der Waals surface area contributed by atoms with Crippen LogP contribution in [-0.4, -0.2) is 67.6 Å². The zero-order valence-corrected chi connectivity index (χ0v) is 17.4. The lowest BCUT2D eigenvalue weighted by molar-refractivity contribution is 0.312. The van der Waals surface area contributed by atoms with Gasteiger partial charge in [-0.1, -0.05) is 12.8 Å². The van der Waals surface area contributed by atoms with Crippen LogP contribution in [0.15, 0.2) is 12.1 Å². The van der Waals surface area contributed by atoms with Gasteiger partial charge in [-0.25, -0.2) is 8.42 Å².